The van der Waals surface area contributed by atoms with E-state index < -0.39 is 0 Å². The summed E-state index contributed by atoms with van der Waals surface area (Å²) >= 11 is 8.04. The molecule has 1 aromatic carbocycles. The zero-order valence-electron chi connectivity index (χ0n) is 12.5. The maximum absolute atomic E-state index is 6.25. The van der Waals surface area contributed by atoms with E-state index in [1.165, 1.54) is 15.4 Å². The van der Waals surface area contributed by atoms with Gasteiger partial charge >= 0.3 is 0 Å². The summed E-state index contributed by atoms with van der Waals surface area (Å²) in [6.07, 6.45) is 0.911. The van der Waals surface area contributed by atoms with Crippen molar-refractivity contribution in [1.29, 1.82) is 0 Å². The Hall–Kier alpha value is -0.900. The van der Waals surface area contributed by atoms with Crippen LogP contribution in [-0.4, -0.2) is 11.5 Å². The number of benzene rings is 1. The molecule has 1 N–H and O–H groups in total. The highest BCUT2D eigenvalue weighted by Gasteiger charge is 2.17. The lowest BCUT2D eigenvalue weighted by atomic mass is 9.99. The molecule has 0 bridgehead atoms. The van der Waals surface area contributed by atoms with Gasteiger partial charge in [-0.15, -0.1) is 11.3 Å². The summed E-state index contributed by atoms with van der Waals surface area (Å²) in [5.41, 5.74) is 3.57. The molecule has 1 unspecified atom stereocenters. The molecule has 2 rings (SSSR count). The number of hydrogen-bond acceptors (Lipinski definition) is 3. The van der Waals surface area contributed by atoms with Crippen LogP contribution in [0.15, 0.2) is 18.2 Å². The molecule has 2 aromatic rings. The SMILES string of the molecule is CCNC(Cc1nc(C)c(C)s1)c1cccc(Cl)c1C. The zero-order chi connectivity index (χ0) is 14.7. The molecular formula is C16H21ClN2S. The van der Waals surface area contributed by atoms with Crippen LogP contribution < -0.4 is 5.32 Å². The van der Waals surface area contributed by atoms with Crippen molar-refractivity contribution in [2.24, 2.45) is 0 Å². The zero-order valence-corrected chi connectivity index (χ0v) is 14.0. The van der Waals surface area contributed by atoms with Crippen LogP contribution in [0.5, 0.6) is 0 Å². The molecule has 2 nitrogen and oxygen atoms in total. The van der Waals surface area contributed by atoms with Gasteiger partial charge in [-0.1, -0.05) is 30.7 Å². The van der Waals surface area contributed by atoms with Gasteiger partial charge in [0.25, 0.3) is 0 Å². The van der Waals surface area contributed by atoms with Crippen LogP contribution in [-0.2, 0) is 6.42 Å². The fraction of sp³-hybridized carbons (Fsp3) is 0.438. The van der Waals surface area contributed by atoms with E-state index in [9.17, 15) is 0 Å². The first kappa shape index (κ1) is 15.5. The van der Waals surface area contributed by atoms with Crippen LogP contribution in [0.2, 0.25) is 5.02 Å². The quantitative estimate of drug-likeness (QED) is 0.872. The molecule has 4 heteroatoms. The lowest BCUT2D eigenvalue weighted by Crippen LogP contribution is -2.23. The molecule has 1 aromatic heterocycles. The second-order valence-corrected chi connectivity index (χ2v) is 6.71. The molecule has 20 heavy (non-hydrogen) atoms. The Balaban J connectivity index is 2.29. The van der Waals surface area contributed by atoms with E-state index in [2.05, 4.69) is 44.1 Å². The van der Waals surface area contributed by atoms with Gasteiger partial charge in [-0.05, 0) is 44.5 Å². The number of thiazole rings is 1. The number of halogens is 1. The molecule has 0 saturated heterocycles. The Kier molecular flexibility index (Phi) is 5.19. The van der Waals surface area contributed by atoms with Crippen LogP contribution in [0, 0.1) is 20.8 Å². The first-order valence-corrected chi connectivity index (χ1v) is 8.13. The van der Waals surface area contributed by atoms with Crippen LogP contribution in [0.25, 0.3) is 0 Å². The van der Waals surface area contributed by atoms with Crippen molar-refractivity contribution in [2.45, 2.75) is 40.2 Å². The maximum Gasteiger partial charge on any atom is 0.0949 e. The largest absolute Gasteiger partial charge is 0.310 e. The van der Waals surface area contributed by atoms with Gasteiger partial charge in [-0.25, -0.2) is 4.98 Å². The number of hydrogen-bond donors (Lipinski definition) is 1. The molecule has 1 atom stereocenters. The topological polar surface area (TPSA) is 24.9 Å². The molecule has 0 aliphatic heterocycles. The Morgan fingerprint density at radius 2 is 2.05 bits per heavy atom. The summed E-state index contributed by atoms with van der Waals surface area (Å²) < 4.78 is 0. The Labute approximate surface area is 130 Å². The van der Waals surface area contributed by atoms with Gasteiger partial charge in [-0.2, -0.15) is 0 Å². The minimum absolute atomic E-state index is 0.267. The standard InChI is InChI=1S/C16H21ClN2S/c1-5-18-15(9-16-19-11(3)12(4)20-16)13-7-6-8-14(17)10(13)2/h6-8,15,18H,5,9H2,1-4H3. The molecule has 0 amide bonds. The third-order valence-electron chi connectivity index (χ3n) is 3.59. The first-order valence-electron chi connectivity index (χ1n) is 6.94. The van der Waals surface area contributed by atoms with E-state index in [1.54, 1.807) is 11.3 Å². The van der Waals surface area contributed by atoms with Gasteiger partial charge in [0.1, 0.15) is 0 Å². The van der Waals surface area contributed by atoms with Crippen LogP contribution >= 0.6 is 22.9 Å². The number of nitrogens with zero attached hydrogens (tertiary/aromatic N) is 1. The third-order valence-corrected chi connectivity index (χ3v) is 5.09. The molecule has 108 valence electrons. The number of aryl methyl sites for hydroxylation is 2. The molecule has 0 saturated carbocycles. The van der Waals surface area contributed by atoms with Crippen molar-refractivity contribution in [3.8, 4) is 0 Å². The van der Waals surface area contributed by atoms with Gasteiger partial charge in [0.2, 0.25) is 0 Å². The van der Waals surface area contributed by atoms with Gasteiger partial charge in [-0.3, -0.25) is 0 Å². The summed E-state index contributed by atoms with van der Waals surface area (Å²) in [5, 5.41) is 5.57. The Morgan fingerprint density at radius 1 is 1.30 bits per heavy atom. The first-order chi connectivity index (χ1) is 9.52. The fourth-order valence-electron chi connectivity index (χ4n) is 2.34. The number of nitrogens with one attached hydrogen (secondary N) is 1. The van der Waals surface area contributed by atoms with Crippen LogP contribution in [0.1, 0.15) is 39.7 Å². The van der Waals surface area contributed by atoms with Crippen molar-refractivity contribution >= 4 is 22.9 Å². The maximum atomic E-state index is 6.25. The van der Waals surface area contributed by atoms with E-state index in [-0.39, 0.29) is 6.04 Å². The second-order valence-electron chi connectivity index (χ2n) is 5.02. The third kappa shape index (κ3) is 3.40. The smallest absolute Gasteiger partial charge is 0.0949 e. The summed E-state index contributed by atoms with van der Waals surface area (Å²) in [7, 11) is 0. The van der Waals surface area contributed by atoms with Crippen LogP contribution in [0.3, 0.4) is 0 Å². The molecule has 0 radical (unpaired) electrons. The highest BCUT2D eigenvalue weighted by Crippen LogP contribution is 2.28. The Bertz CT molecular complexity index is 573. The summed E-state index contributed by atoms with van der Waals surface area (Å²) in [6, 6.07) is 6.39. The average molecular weight is 309 g/mol. The highest BCUT2D eigenvalue weighted by atomic mass is 35.5. The van der Waals surface area contributed by atoms with E-state index >= 15 is 0 Å². The number of likely N-dealkylation sites (N-methyl/N-ethyl adjacent to an activating group) is 1. The number of rotatable bonds is 5. The average Bonchev–Trinajstić information content (AvgIpc) is 2.71. The van der Waals surface area contributed by atoms with Gasteiger partial charge in [0.15, 0.2) is 0 Å². The minimum Gasteiger partial charge on any atom is -0.310 e. The van der Waals surface area contributed by atoms with Crippen molar-refractivity contribution in [3.63, 3.8) is 0 Å². The van der Waals surface area contributed by atoms with Crippen molar-refractivity contribution in [2.75, 3.05) is 6.54 Å². The van der Waals surface area contributed by atoms with Gasteiger partial charge in [0.05, 0.1) is 10.7 Å². The van der Waals surface area contributed by atoms with Crippen molar-refractivity contribution in [1.82, 2.24) is 10.3 Å². The minimum atomic E-state index is 0.267. The van der Waals surface area contributed by atoms with Crippen molar-refractivity contribution < 1.29 is 0 Å². The van der Waals surface area contributed by atoms with E-state index in [4.69, 9.17) is 11.6 Å². The Morgan fingerprint density at radius 3 is 2.65 bits per heavy atom. The molecule has 1 heterocycles. The lowest BCUT2D eigenvalue weighted by Gasteiger charge is -2.20. The summed E-state index contributed by atoms with van der Waals surface area (Å²) in [4.78, 5) is 5.96. The predicted molar refractivity (Wildman–Crippen MR) is 87.9 cm³/mol. The summed E-state index contributed by atoms with van der Waals surface area (Å²) in [6.45, 7) is 9.34. The van der Waals surface area contributed by atoms with E-state index in [1.807, 2.05) is 12.1 Å². The fourth-order valence-corrected chi connectivity index (χ4v) is 3.50. The van der Waals surface area contributed by atoms with Gasteiger partial charge in [0, 0.05) is 22.4 Å². The van der Waals surface area contributed by atoms with Crippen LogP contribution in [0.4, 0.5) is 0 Å². The molecular weight excluding hydrogens is 288 g/mol. The molecule has 0 fully saturated rings. The normalized spacial score (nSPS) is 12.7. The lowest BCUT2D eigenvalue weighted by molar-refractivity contribution is 0.546. The molecule has 0 aliphatic carbocycles. The number of aromatic nitrogens is 1. The van der Waals surface area contributed by atoms with Crippen molar-refractivity contribution in [3.05, 3.63) is 49.9 Å². The monoisotopic (exact) mass is 308 g/mol. The highest BCUT2D eigenvalue weighted by molar-refractivity contribution is 7.11. The molecule has 0 aliphatic rings. The van der Waals surface area contributed by atoms with E-state index in [0.29, 0.717) is 0 Å². The molecule has 0 spiro atoms. The summed E-state index contributed by atoms with van der Waals surface area (Å²) in [5.74, 6) is 0. The van der Waals surface area contributed by atoms with Gasteiger partial charge < -0.3 is 5.32 Å². The van der Waals surface area contributed by atoms with E-state index in [0.717, 1.165) is 29.2 Å². The second kappa shape index (κ2) is 6.70. The predicted octanol–water partition coefficient (Wildman–Crippen LogP) is 4.62.